The number of rotatable bonds is 15. The van der Waals surface area contributed by atoms with E-state index < -0.39 is 49.1 Å². The van der Waals surface area contributed by atoms with Crippen molar-refractivity contribution in [1.82, 2.24) is 0 Å². The SMILES string of the molecule is CC(C)[Si](Oc1occc1[C@H](O)[C@H]1OC(C#C[Si](C)(C)C)=C[C@@H](O[Si](C(C)C)(C(C)C)C(C)C)[C@@H]1OCc1ccccc1)(C(C)C)C(C)C. The molecule has 6 nitrogen and oxygen atoms in total. The average molecular weight is 727 g/mol. The Kier molecular flexibility index (Phi) is 14.3. The number of hydrogen-bond donors (Lipinski definition) is 1. The lowest BCUT2D eigenvalue weighted by atomic mass is 9.95. The third kappa shape index (κ3) is 9.43. The van der Waals surface area contributed by atoms with Crippen molar-refractivity contribution >= 4 is 24.7 Å². The molecule has 0 radical (unpaired) electrons. The standard InChI is InChI=1S/C40H66O6Si3/c1-27(2)48(28(3)4,29(5)6)45-36-25-34(22-24-47(13,14)15)44-39(38(36)43-26-33-19-17-16-18-20-33)37(41)35-21-23-42-40(35)46-49(30(7)8,31(9)10)32(11)12/h16-21,23,25,27-32,36-39,41H,26H2,1-15H3/t36-,37+,38+,39-/m1/s1. The predicted molar refractivity (Wildman–Crippen MR) is 210 cm³/mol. The fourth-order valence-electron chi connectivity index (χ4n) is 8.25. The summed E-state index contributed by atoms with van der Waals surface area (Å²) in [5.74, 6) is 4.26. The fraction of sp³-hybridized carbons (Fsp3) is 0.650. The van der Waals surface area contributed by atoms with Gasteiger partial charge in [0.1, 0.15) is 20.3 Å². The van der Waals surface area contributed by atoms with Gasteiger partial charge in [-0.2, -0.15) is 0 Å². The van der Waals surface area contributed by atoms with E-state index in [2.05, 4.69) is 126 Å². The third-order valence-electron chi connectivity index (χ3n) is 10.4. The summed E-state index contributed by atoms with van der Waals surface area (Å²) in [6, 6.07) is 11.9. The maximum absolute atomic E-state index is 12.4. The Balaban J connectivity index is 2.21. The average Bonchev–Trinajstić information content (AvgIpc) is 3.47. The van der Waals surface area contributed by atoms with Crippen LogP contribution in [0.1, 0.15) is 100 Å². The highest BCUT2D eigenvalue weighted by Crippen LogP contribution is 2.47. The molecule has 1 aromatic carbocycles. The van der Waals surface area contributed by atoms with Gasteiger partial charge in [0.2, 0.25) is 8.32 Å². The lowest BCUT2D eigenvalue weighted by Gasteiger charge is -2.47. The molecular formula is C40H66O6Si3. The van der Waals surface area contributed by atoms with Crippen LogP contribution < -0.4 is 4.43 Å². The van der Waals surface area contributed by atoms with E-state index in [4.69, 9.17) is 22.7 Å². The van der Waals surface area contributed by atoms with E-state index in [0.29, 0.717) is 57.1 Å². The first-order valence-corrected chi connectivity index (χ1v) is 26.2. The van der Waals surface area contributed by atoms with Crippen molar-refractivity contribution in [2.75, 3.05) is 0 Å². The zero-order valence-corrected chi connectivity index (χ0v) is 36.1. The van der Waals surface area contributed by atoms with Crippen LogP contribution >= 0.6 is 0 Å². The first-order chi connectivity index (χ1) is 22.8. The Bertz CT molecular complexity index is 1370. The van der Waals surface area contributed by atoms with Crippen molar-refractivity contribution in [3.8, 4) is 17.4 Å². The first-order valence-electron chi connectivity index (χ1n) is 18.5. The van der Waals surface area contributed by atoms with E-state index in [1.807, 2.05) is 30.3 Å². The molecule has 1 aliphatic rings. The monoisotopic (exact) mass is 726 g/mol. The number of ether oxygens (including phenoxy) is 2. The molecule has 1 aliphatic heterocycles. The van der Waals surface area contributed by atoms with Gasteiger partial charge in [0.25, 0.3) is 14.3 Å². The Morgan fingerprint density at radius 1 is 0.755 bits per heavy atom. The zero-order chi connectivity index (χ0) is 36.9. The van der Waals surface area contributed by atoms with E-state index in [1.165, 1.54) is 0 Å². The second-order valence-corrected chi connectivity index (χ2v) is 32.3. The molecule has 0 saturated heterocycles. The van der Waals surface area contributed by atoms with Gasteiger partial charge in [-0.1, -0.05) is 133 Å². The molecular weight excluding hydrogens is 661 g/mol. The van der Waals surface area contributed by atoms with Crippen LogP contribution in [0.4, 0.5) is 0 Å². The number of aliphatic hydroxyl groups is 1. The molecule has 0 bridgehead atoms. The van der Waals surface area contributed by atoms with E-state index >= 15 is 0 Å². The topological polar surface area (TPSA) is 70.3 Å². The van der Waals surface area contributed by atoms with Crippen molar-refractivity contribution in [3.63, 3.8) is 0 Å². The Hall–Kier alpha value is -2.07. The maximum atomic E-state index is 12.4. The minimum Gasteiger partial charge on any atom is -0.518 e. The molecule has 2 aromatic rings. The minimum atomic E-state index is -2.40. The number of furan rings is 1. The van der Waals surface area contributed by atoms with Crippen LogP contribution in [0.25, 0.3) is 0 Å². The second-order valence-electron chi connectivity index (χ2n) is 16.8. The van der Waals surface area contributed by atoms with Crippen LogP contribution in [-0.4, -0.2) is 48.1 Å². The van der Waals surface area contributed by atoms with Crippen molar-refractivity contribution in [2.45, 2.75) is 167 Å². The maximum Gasteiger partial charge on any atom is 0.276 e. The Morgan fingerprint density at radius 2 is 1.29 bits per heavy atom. The quantitative estimate of drug-likeness (QED) is 0.146. The largest absolute Gasteiger partial charge is 0.518 e. The normalized spacial score (nSPS) is 19.8. The number of aliphatic hydroxyl groups excluding tert-OH is 1. The van der Waals surface area contributed by atoms with E-state index in [9.17, 15) is 5.11 Å². The lowest BCUT2D eigenvalue weighted by molar-refractivity contribution is -0.146. The van der Waals surface area contributed by atoms with Crippen LogP contribution in [0.3, 0.4) is 0 Å². The lowest BCUT2D eigenvalue weighted by Crippen LogP contribution is -2.56. The van der Waals surface area contributed by atoms with Gasteiger partial charge >= 0.3 is 0 Å². The van der Waals surface area contributed by atoms with Gasteiger partial charge in [0, 0.05) is 0 Å². The Morgan fingerprint density at radius 3 is 1.78 bits per heavy atom. The molecule has 2 heterocycles. The molecule has 0 aliphatic carbocycles. The fourth-order valence-corrected chi connectivity index (χ4v) is 19.4. The molecule has 0 unspecified atom stereocenters. The van der Waals surface area contributed by atoms with Gasteiger partial charge in [0.15, 0.2) is 11.9 Å². The Labute approximate surface area is 301 Å². The highest BCUT2D eigenvalue weighted by atomic mass is 28.4. The highest BCUT2D eigenvalue weighted by molar-refractivity contribution is 6.84. The van der Waals surface area contributed by atoms with E-state index in [1.54, 1.807) is 6.26 Å². The minimum absolute atomic E-state index is 0.334. The van der Waals surface area contributed by atoms with Gasteiger partial charge in [-0.05, 0) is 56.9 Å². The van der Waals surface area contributed by atoms with Crippen LogP contribution in [0, 0.1) is 11.5 Å². The molecule has 0 spiro atoms. The molecule has 3 rings (SSSR count). The molecule has 1 aromatic heterocycles. The summed E-state index contributed by atoms with van der Waals surface area (Å²) < 4.78 is 34.1. The van der Waals surface area contributed by atoms with Crippen molar-refractivity contribution < 1.29 is 27.8 Å². The molecule has 0 amide bonds. The summed E-state index contributed by atoms with van der Waals surface area (Å²) in [5, 5.41) is 12.4. The van der Waals surface area contributed by atoms with Crippen molar-refractivity contribution in [3.05, 3.63) is 65.6 Å². The second kappa shape index (κ2) is 17.0. The number of allylic oxidation sites excluding steroid dienone is 1. The van der Waals surface area contributed by atoms with Crippen LogP contribution in [0.15, 0.2) is 58.9 Å². The molecule has 274 valence electrons. The van der Waals surface area contributed by atoms with Gasteiger partial charge in [0.05, 0.1) is 24.5 Å². The van der Waals surface area contributed by atoms with Gasteiger partial charge in [-0.25, -0.2) is 0 Å². The zero-order valence-electron chi connectivity index (χ0n) is 33.1. The smallest absolute Gasteiger partial charge is 0.276 e. The van der Waals surface area contributed by atoms with E-state index in [-0.39, 0.29) is 0 Å². The highest BCUT2D eigenvalue weighted by Gasteiger charge is 2.52. The van der Waals surface area contributed by atoms with Crippen molar-refractivity contribution in [1.29, 1.82) is 0 Å². The van der Waals surface area contributed by atoms with Gasteiger partial charge < -0.3 is 27.8 Å². The number of benzene rings is 1. The molecule has 0 saturated carbocycles. The van der Waals surface area contributed by atoms with E-state index in [0.717, 1.165) is 5.56 Å². The van der Waals surface area contributed by atoms with Gasteiger partial charge in [-0.3, -0.25) is 0 Å². The third-order valence-corrected chi connectivity index (χ3v) is 23.3. The van der Waals surface area contributed by atoms with Crippen LogP contribution in [0.2, 0.25) is 52.9 Å². The number of hydrogen-bond acceptors (Lipinski definition) is 6. The molecule has 49 heavy (non-hydrogen) atoms. The summed E-state index contributed by atoms with van der Waals surface area (Å²) in [5.41, 5.74) is 7.15. The summed E-state index contributed by atoms with van der Waals surface area (Å²) in [7, 11) is -6.54. The molecule has 1 N–H and O–H groups in total. The van der Waals surface area contributed by atoms with Crippen LogP contribution in [0.5, 0.6) is 5.95 Å². The first kappa shape index (κ1) is 41.4. The summed E-state index contributed by atoms with van der Waals surface area (Å²) in [6.07, 6.45) is 0.581. The van der Waals surface area contributed by atoms with Crippen molar-refractivity contribution in [2.24, 2.45) is 0 Å². The van der Waals surface area contributed by atoms with Crippen LogP contribution in [-0.2, 0) is 20.5 Å². The van der Waals surface area contributed by atoms with Gasteiger partial charge in [-0.15, -0.1) is 5.54 Å². The predicted octanol–water partition coefficient (Wildman–Crippen LogP) is 11.2. The molecule has 9 heteroatoms. The molecule has 0 fully saturated rings. The summed E-state index contributed by atoms with van der Waals surface area (Å²) in [4.78, 5) is 0. The molecule has 4 atom stereocenters. The summed E-state index contributed by atoms with van der Waals surface area (Å²) in [6.45, 7) is 34.2. The summed E-state index contributed by atoms with van der Waals surface area (Å²) >= 11 is 0.